The molecule has 7 unspecified atom stereocenters. The van der Waals surface area contributed by atoms with Crippen molar-refractivity contribution < 1.29 is 71.5 Å². The largest absolute Gasteiger partial charge is 0.504 e. The number of phenols is 14. The van der Waals surface area contributed by atoms with Gasteiger partial charge in [-0.2, -0.15) is 0 Å². The van der Waals surface area contributed by atoms with Gasteiger partial charge in [0.15, 0.2) is 122 Å². The summed E-state index contributed by atoms with van der Waals surface area (Å²) < 4.78 is 0. The molecular formula is C90H131N35O14. The van der Waals surface area contributed by atoms with Crippen LogP contribution in [0.25, 0.3) is 0 Å². The molecule has 49 nitrogen and oxygen atoms in total. The van der Waals surface area contributed by atoms with E-state index in [1.165, 1.54) is 72.8 Å². The first-order chi connectivity index (χ1) is 65.7. The Balaban J connectivity index is 0.000000199. The normalized spacial score (nSPS) is 19.6. The second kappa shape index (κ2) is 50.3. The van der Waals surface area contributed by atoms with Crippen LogP contribution in [0.2, 0.25) is 0 Å². The van der Waals surface area contributed by atoms with E-state index < -0.39 is 0 Å². The summed E-state index contributed by atoms with van der Waals surface area (Å²) in [7, 11) is 24.4. The first-order valence-electron chi connectivity index (χ1n) is 43.6. The molecule has 7 aliphatic rings. The van der Waals surface area contributed by atoms with E-state index in [1.54, 1.807) is 68.7 Å². The van der Waals surface area contributed by atoms with Gasteiger partial charge in [-0.05, 0) is 172 Å². The van der Waals surface area contributed by atoms with Crippen LogP contribution in [-0.4, -0.2) is 329 Å². The molecule has 139 heavy (non-hydrogen) atoms. The number of nitrogens with zero attached hydrogens (tertiary/aromatic N) is 22. The van der Waals surface area contributed by atoms with Crippen LogP contribution in [0.4, 0.5) is 0 Å². The molecule has 0 bridgehead atoms. The molecule has 750 valence electrons. The number of rotatable bonds is 14. The lowest BCUT2D eigenvalue weighted by Crippen LogP contribution is -2.61. The van der Waals surface area contributed by atoms with Crippen LogP contribution in [0.5, 0.6) is 80.5 Å². The van der Waals surface area contributed by atoms with Crippen molar-refractivity contribution in [2.45, 2.75) is 137 Å². The lowest BCUT2D eigenvalue weighted by molar-refractivity contribution is 0.394. The lowest BCUT2D eigenvalue weighted by Gasteiger charge is -2.35. The van der Waals surface area contributed by atoms with Gasteiger partial charge in [0.05, 0.1) is 25.8 Å². The van der Waals surface area contributed by atoms with Crippen LogP contribution in [0, 0.1) is 0 Å². The molecule has 7 aromatic rings. The maximum atomic E-state index is 9.60. The summed E-state index contributed by atoms with van der Waals surface area (Å²) >= 11 is 0. The number of nitrogens with two attached hydrogens (primary N) is 2. The SMILES string of the molecule is CC1N=C(N(C)C)N(C)C(N(C)Cc2ccc(O)c(O)c2)=N1.CC1N=C(N(C)C)NC(=NCc2ccc(O)c(O)c2)N1.CC1N=C(N(C)C)NC(N(C)Cc2ccc(O)c(O)c2)=N1.CC1N=C(N)NC(=NCc2ccc(O)c(O)c2)N1.CC1N=C(N)NC(N(C)Cc2ccc(O)c(O)c2)=N1.CN=C1NC(=NCc2ccc(O)c(O)c2)NC(C)N1.CN=C1NC(N(C)Cc2ccc(O)c(O)c2)=NC(C)N1. The van der Waals surface area contributed by atoms with E-state index in [1.807, 2.05) is 165 Å². The first-order valence-corrected chi connectivity index (χ1v) is 43.6. The van der Waals surface area contributed by atoms with Gasteiger partial charge >= 0.3 is 0 Å². The summed E-state index contributed by atoms with van der Waals surface area (Å²) in [6, 6.07) is 32.9. The predicted molar refractivity (Wildman–Crippen MR) is 539 cm³/mol. The third kappa shape index (κ3) is 33.8. The van der Waals surface area contributed by atoms with Crippen LogP contribution < -0.4 is 70.0 Å². The number of nitrogens with one attached hydrogen (secondary N) is 11. The van der Waals surface area contributed by atoms with Crippen molar-refractivity contribution in [1.82, 2.24) is 97.7 Å². The number of hydrogen-bond acceptors (Lipinski definition) is 40. The van der Waals surface area contributed by atoms with Crippen LogP contribution in [0.15, 0.2) is 197 Å². The molecule has 29 N–H and O–H groups in total. The molecule has 7 atom stereocenters. The van der Waals surface area contributed by atoms with Crippen LogP contribution in [-0.2, 0) is 45.8 Å². The molecule has 0 radical (unpaired) electrons. The van der Waals surface area contributed by atoms with Crippen molar-refractivity contribution in [1.29, 1.82) is 0 Å². The molecule has 7 aromatic carbocycles. The monoisotopic (exact) mass is 1930 g/mol. The van der Waals surface area contributed by atoms with Crippen molar-refractivity contribution in [3.63, 3.8) is 0 Å². The van der Waals surface area contributed by atoms with Crippen molar-refractivity contribution in [3.8, 4) is 80.5 Å². The molecule has 0 aromatic heterocycles. The summed E-state index contributed by atoms with van der Waals surface area (Å²) in [5.74, 6) is 7.05. The second-order valence-corrected chi connectivity index (χ2v) is 32.8. The molecule has 7 heterocycles. The summed E-state index contributed by atoms with van der Waals surface area (Å²) in [5.41, 5.74) is 17.1. The average Bonchev–Trinajstić information content (AvgIpc) is 0.810. The number of aliphatic imine (C=N–C) groups is 14. The van der Waals surface area contributed by atoms with Gasteiger partial charge in [-0.25, -0.2) is 59.9 Å². The highest BCUT2D eigenvalue weighted by molar-refractivity contribution is 6.04. The first kappa shape index (κ1) is 107. The Kier molecular flexibility index (Phi) is 38.8. The summed E-state index contributed by atoms with van der Waals surface area (Å²) in [4.78, 5) is 75.6. The Hall–Kier alpha value is -17.1. The van der Waals surface area contributed by atoms with E-state index in [0.29, 0.717) is 105 Å². The Labute approximate surface area is 806 Å². The highest BCUT2D eigenvalue weighted by Crippen LogP contribution is 2.32. The molecule has 1 saturated heterocycles. The number of phenolic OH excluding ortho intramolecular Hbond substituents is 14. The minimum atomic E-state index is -0.216. The van der Waals surface area contributed by atoms with Crippen LogP contribution in [0.1, 0.15) is 87.4 Å². The van der Waals surface area contributed by atoms with Gasteiger partial charge in [-0.3, -0.25) is 46.8 Å². The molecule has 1 fully saturated rings. The highest BCUT2D eigenvalue weighted by Gasteiger charge is 2.27. The van der Waals surface area contributed by atoms with Crippen LogP contribution >= 0.6 is 0 Å². The fourth-order valence-corrected chi connectivity index (χ4v) is 13.1. The van der Waals surface area contributed by atoms with E-state index in [0.717, 1.165) is 62.8 Å². The standard InChI is InChI=1S/C15H23N5O2.C14H21N5O2.2C13H19N5O2.2C12H17N5O2.C11H15N5O2/c1-10-16-14(18(2)3)20(5)15(17-10)19(4)9-11-6-7-12(21)13(22)8-11;1-9-15-13(18(2)3)17-14(16-9)19(4)8-10-5-6-11(20)12(21)7-10;1-8-15-12(17-13(16-8)18(2)3)14-7-9-4-5-10(19)11(20)6-9;1-8-15-12(14-2)17-13(16-8)18(3)7-9-4-5-10(19)11(20)6-9;1-7-14-11(13)16-12(15-7)17(2)6-8-3-4-9(18)10(19)5-8;1-7-15-11(13-2)17-12(16-7)14-6-8-3-4-9(18)10(19)5-8;1-6-14-10(12)16-11(15-6)13-5-7-2-3-8(17)9(18)4-7/h6-8,10,21-22H,9H2,1-5H3;5-7,9,20-21H,8H2,1-4H3,(H,15,16,17);2*4-6,8,19-20H,7H2,1-3H3,(H2,14,15,16,17);3-5,7,18-19H,6H2,1-2H3,(H3,13,14,15,16);3-5,7,18-19H,6H2,1-2H3,(H3,13,14,15,16,17);2-4,6,17-18H,5H2,1H3,(H4,12,13,14,15,16). The Bertz CT molecular complexity index is 5840. The molecule has 0 aliphatic carbocycles. The van der Waals surface area contributed by atoms with E-state index in [-0.39, 0.29) is 124 Å². The van der Waals surface area contributed by atoms with Crippen molar-refractivity contribution >= 4 is 83.4 Å². The third-order valence-corrected chi connectivity index (χ3v) is 19.9. The van der Waals surface area contributed by atoms with Crippen molar-refractivity contribution in [2.75, 3.05) is 91.6 Å². The zero-order valence-electron chi connectivity index (χ0n) is 81.4. The highest BCUT2D eigenvalue weighted by atomic mass is 16.3. The predicted octanol–water partition coefficient (Wildman–Crippen LogP) is 2.69. The van der Waals surface area contributed by atoms with Gasteiger partial charge < -0.3 is 144 Å². The second-order valence-electron chi connectivity index (χ2n) is 32.8. The van der Waals surface area contributed by atoms with Gasteiger partial charge in [0.2, 0.25) is 41.7 Å². The quantitative estimate of drug-likeness (QED) is 0.0696. The average molecular weight is 1930 g/mol. The molecular weight excluding hydrogens is 1800 g/mol. The zero-order chi connectivity index (χ0) is 102. The van der Waals surface area contributed by atoms with Crippen molar-refractivity contribution in [3.05, 3.63) is 166 Å². The van der Waals surface area contributed by atoms with Gasteiger partial charge in [0.1, 0.15) is 37.0 Å². The molecule has 0 amide bonds. The van der Waals surface area contributed by atoms with E-state index in [4.69, 9.17) is 11.5 Å². The number of aromatic hydroxyl groups is 14. The van der Waals surface area contributed by atoms with E-state index in [9.17, 15) is 71.5 Å². The molecule has 0 saturated carbocycles. The van der Waals surface area contributed by atoms with Gasteiger partial charge in [-0.15, -0.1) is 0 Å². The van der Waals surface area contributed by atoms with Crippen LogP contribution in [0.3, 0.4) is 0 Å². The van der Waals surface area contributed by atoms with Gasteiger partial charge in [0.25, 0.3) is 0 Å². The number of hydrogen-bond donors (Lipinski definition) is 27. The molecule has 49 heteroatoms. The molecule has 7 aliphatic heterocycles. The molecule has 14 rings (SSSR count). The Morgan fingerprint density at radius 2 is 0.554 bits per heavy atom. The number of guanidine groups is 14. The minimum Gasteiger partial charge on any atom is -0.504 e. The minimum absolute atomic E-state index is 0.0342. The maximum absolute atomic E-state index is 9.60. The molecule has 0 spiro atoms. The Morgan fingerprint density at radius 3 is 0.921 bits per heavy atom. The summed E-state index contributed by atoms with van der Waals surface area (Å²) in [6.07, 6.45) is -0.702. The van der Waals surface area contributed by atoms with Gasteiger partial charge in [-0.1, -0.05) is 42.5 Å². The maximum Gasteiger partial charge on any atom is 0.205 e. The lowest BCUT2D eigenvalue weighted by atomic mass is 10.2. The number of benzene rings is 7. The zero-order valence-corrected chi connectivity index (χ0v) is 81.4. The topological polar surface area (TPSA) is 667 Å². The summed E-state index contributed by atoms with van der Waals surface area (Å²) in [5, 5.41) is 165. The fraction of sp³-hybridized carbons (Fsp3) is 0.378. The van der Waals surface area contributed by atoms with Gasteiger partial charge in [0, 0.05) is 118 Å². The van der Waals surface area contributed by atoms with E-state index in [2.05, 4.69) is 128 Å². The summed E-state index contributed by atoms with van der Waals surface area (Å²) in [6.45, 7) is 16.7. The third-order valence-electron chi connectivity index (χ3n) is 19.9. The fourth-order valence-electron chi connectivity index (χ4n) is 13.1. The smallest absolute Gasteiger partial charge is 0.205 e. The Morgan fingerprint density at radius 1 is 0.281 bits per heavy atom. The van der Waals surface area contributed by atoms with E-state index >= 15 is 0 Å². The van der Waals surface area contributed by atoms with Crippen molar-refractivity contribution in [2.24, 2.45) is 81.4 Å².